The maximum atomic E-state index is 11.4. The number of aliphatic hydroxyl groups is 3. The zero-order chi connectivity index (χ0) is 24.1. The van der Waals surface area contributed by atoms with Crippen molar-refractivity contribution in [2.45, 2.75) is 43.2 Å². The van der Waals surface area contributed by atoms with Crippen LogP contribution in [0.3, 0.4) is 0 Å². The van der Waals surface area contributed by atoms with E-state index >= 15 is 0 Å². The van der Waals surface area contributed by atoms with Gasteiger partial charge in [-0.1, -0.05) is 91.0 Å². The van der Waals surface area contributed by atoms with Gasteiger partial charge in [-0.3, -0.25) is 4.79 Å². The molecule has 1 aliphatic heterocycles. The predicted molar refractivity (Wildman–Crippen MR) is 126 cm³/mol. The smallest absolute Gasteiger partial charge is 0.217 e. The second kappa shape index (κ2) is 10.5. The molecule has 7 nitrogen and oxygen atoms in total. The molecule has 7 heteroatoms. The van der Waals surface area contributed by atoms with Crippen LogP contribution in [-0.2, 0) is 19.9 Å². The molecule has 0 aliphatic carbocycles. The summed E-state index contributed by atoms with van der Waals surface area (Å²) in [6, 6.07) is 28.0. The van der Waals surface area contributed by atoms with Gasteiger partial charge in [0.1, 0.15) is 30.0 Å². The van der Waals surface area contributed by atoms with Crippen LogP contribution in [0.4, 0.5) is 0 Å². The van der Waals surface area contributed by atoms with E-state index in [1.807, 2.05) is 91.0 Å². The third-order valence-corrected chi connectivity index (χ3v) is 6.10. The molecule has 0 spiro atoms. The molecule has 1 fully saturated rings. The molecule has 4 N–H and O–H groups in total. The Morgan fingerprint density at radius 2 is 1.26 bits per heavy atom. The first-order valence-corrected chi connectivity index (χ1v) is 11.2. The lowest BCUT2D eigenvalue weighted by Crippen LogP contribution is -2.64. The second-order valence-electron chi connectivity index (χ2n) is 8.36. The summed E-state index contributed by atoms with van der Waals surface area (Å²) >= 11 is 0. The summed E-state index contributed by atoms with van der Waals surface area (Å²) in [5.41, 5.74) is 1.57. The lowest BCUT2D eigenvalue weighted by molar-refractivity contribution is -0.261. The van der Waals surface area contributed by atoms with Crippen LogP contribution in [-0.4, -0.2) is 58.5 Å². The van der Waals surface area contributed by atoms with Gasteiger partial charge >= 0.3 is 0 Å². The Morgan fingerprint density at radius 1 is 0.824 bits per heavy atom. The van der Waals surface area contributed by atoms with E-state index in [1.54, 1.807) is 0 Å². The molecule has 3 aromatic rings. The summed E-state index contributed by atoms with van der Waals surface area (Å²) in [5.74, 6) is -0.454. The maximum Gasteiger partial charge on any atom is 0.217 e. The highest BCUT2D eigenvalue weighted by Gasteiger charge is 2.46. The van der Waals surface area contributed by atoms with Gasteiger partial charge in [0.15, 0.2) is 6.29 Å². The predicted octanol–water partition coefficient (Wildman–Crippen LogP) is 1.94. The zero-order valence-electron chi connectivity index (χ0n) is 18.8. The number of benzene rings is 3. The number of hydrogen-bond donors (Lipinski definition) is 4. The molecule has 178 valence electrons. The van der Waals surface area contributed by atoms with Gasteiger partial charge < -0.3 is 30.1 Å². The number of nitrogens with one attached hydrogen (secondary N) is 1. The van der Waals surface area contributed by atoms with Crippen molar-refractivity contribution in [3.63, 3.8) is 0 Å². The summed E-state index contributed by atoms with van der Waals surface area (Å²) < 4.78 is 12.2. The third-order valence-electron chi connectivity index (χ3n) is 6.10. The van der Waals surface area contributed by atoms with Crippen LogP contribution >= 0.6 is 0 Å². The lowest BCUT2D eigenvalue weighted by Gasteiger charge is -2.43. The average molecular weight is 464 g/mol. The fourth-order valence-electron chi connectivity index (χ4n) is 4.45. The normalized spacial score (nSPS) is 25.0. The van der Waals surface area contributed by atoms with Crippen LogP contribution in [0.2, 0.25) is 0 Å². The number of aliphatic hydroxyl groups excluding tert-OH is 3. The van der Waals surface area contributed by atoms with Crippen LogP contribution < -0.4 is 5.32 Å². The van der Waals surface area contributed by atoms with Crippen molar-refractivity contribution >= 4 is 5.91 Å². The minimum atomic E-state index is -1.50. The minimum absolute atomic E-state index is 0.138. The summed E-state index contributed by atoms with van der Waals surface area (Å²) in [7, 11) is 0. The van der Waals surface area contributed by atoms with E-state index in [0.29, 0.717) is 0 Å². The van der Waals surface area contributed by atoms with Gasteiger partial charge in [-0.2, -0.15) is 0 Å². The first kappa shape index (κ1) is 24.1. The van der Waals surface area contributed by atoms with Crippen molar-refractivity contribution in [3.8, 4) is 0 Å². The molecule has 5 atom stereocenters. The quantitative estimate of drug-likeness (QED) is 0.399. The van der Waals surface area contributed by atoms with Crippen molar-refractivity contribution in [2.75, 3.05) is 6.61 Å². The van der Waals surface area contributed by atoms with E-state index in [9.17, 15) is 20.1 Å². The van der Waals surface area contributed by atoms with E-state index in [0.717, 1.165) is 16.7 Å². The van der Waals surface area contributed by atoms with Gasteiger partial charge in [-0.25, -0.2) is 0 Å². The third kappa shape index (κ3) is 4.75. The number of carbonyl (C=O) groups excluding carboxylic acids is 1. The Kier molecular flexibility index (Phi) is 7.41. The lowest BCUT2D eigenvalue weighted by atomic mass is 9.80. The van der Waals surface area contributed by atoms with Crippen molar-refractivity contribution < 1.29 is 29.6 Å². The summed E-state index contributed by atoms with van der Waals surface area (Å²) in [5, 5.41) is 34.1. The fraction of sp³-hybridized carbons (Fsp3) is 0.296. The van der Waals surface area contributed by atoms with Crippen molar-refractivity contribution in [3.05, 3.63) is 108 Å². The molecule has 4 rings (SSSR count). The molecule has 1 saturated heterocycles. The summed E-state index contributed by atoms with van der Waals surface area (Å²) in [6.45, 7) is 1.12. The SMILES string of the molecule is CC(=O)N[C@H]1[C@H](O)[C@H](O)[C@H](COC(c2ccccc2)(c2ccccc2)c2ccccc2)O[C@@H]1O. The molecule has 0 unspecified atom stereocenters. The van der Waals surface area contributed by atoms with E-state index in [2.05, 4.69) is 5.32 Å². The molecule has 3 aromatic carbocycles. The Labute approximate surface area is 198 Å². The van der Waals surface area contributed by atoms with Crippen LogP contribution in [0.5, 0.6) is 0 Å². The number of amides is 1. The Hall–Kier alpha value is -3.07. The molecule has 0 bridgehead atoms. The first-order chi connectivity index (χ1) is 16.4. The molecule has 0 saturated carbocycles. The van der Waals surface area contributed by atoms with Gasteiger partial charge in [-0.15, -0.1) is 0 Å². The van der Waals surface area contributed by atoms with E-state index in [-0.39, 0.29) is 6.61 Å². The van der Waals surface area contributed by atoms with Gasteiger partial charge in [0.05, 0.1) is 6.61 Å². The largest absolute Gasteiger partial charge is 0.388 e. The minimum Gasteiger partial charge on any atom is -0.388 e. The van der Waals surface area contributed by atoms with E-state index in [4.69, 9.17) is 9.47 Å². The van der Waals surface area contributed by atoms with Crippen molar-refractivity contribution in [1.29, 1.82) is 0 Å². The standard InChI is InChI=1S/C27H29NO6/c1-18(29)28-23-25(31)24(30)22(34-26(23)32)17-33-27(19-11-5-2-6-12-19,20-13-7-3-8-14-20)21-15-9-4-10-16-21/h2-16,22-26,30-32H,17H2,1H3,(H,28,29)/t22-,23-,24+,25-,26-/m0/s1. The summed E-state index contributed by atoms with van der Waals surface area (Å²) in [4.78, 5) is 11.4. The van der Waals surface area contributed by atoms with E-state index < -0.39 is 42.2 Å². The van der Waals surface area contributed by atoms with Crippen LogP contribution in [0.25, 0.3) is 0 Å². The van der Waals surface area contributed by atoms with Crippen LogP contribution in [0, 0.1) is 0 Å². The second-order valence-corrected chi connectivity index (χ2v) is 8.36. The molecular formula is C27H29NO6. The topological polar surface area (TPSA) is 108 Å². The highest BCUT2D eigenvalue weighted by molar-refractivity contribution is 5.73. The molecule has 1 amide bonds. The average Bonchev–Trinajstić information content (AvgIpc) is 2.87. The zero-order valence-corrected chi connectivity index (χ0v) is 18.8. The molecule has 1 heterocycles. The highest BCUT2D eigenvalue weighted by Crippen LogP contribution is 2.41. The van der Waals surface area contributed by atoms with Gasteiger partial charge in [0, 0.05) is 6.92 Å². The van der Waals surface area contributed by atoms with Crippen LogP contribution in [0.1, 0.15) is 23.6 Å². The number of hydrogen-bond acceptors (Lipinski definition) is 6. The molecule has 1 aliphatic rings. The summed E-state index contributed by atoms with van der Waals surface area (Å²) in [6.07, 6.45) is -5.36. The molecule has 0 aromatic heterocycles. The molecule has 0 radical (unpaired) electrons. The van der Waals surface area contributed by atoms with Gasteiger partial charge in [0.25, 0.3) is 0 Å². The van der Waals surface area contributed by atoms with Crippen molar-refractivity contribution in [1.82, 2.24) is 5.32 Å². The fourth-order valence-corrected chi connectivity index (χ4v) is 4.45. The Balaban J connectivity index is 1.71. The van der Waals surface area contributed by atoms with Crippen molar-refractivity contribution in [2.24, 2.45) is 0 Å². The first-order valence-electron chi connectivity index (χ1n) is 11.2. The van der Waals surface area contributed by atoms with Gasteiger partial charge in [0.2, 0.25) is 5.91 Å². The Morgan fingerprint density at radius 3 is 1.68 bits per heavy atom. The Bertz CT molecular complexity index is 966. The molecule has 34 heavy (non-hydrogen) atoms. The highest BCUT2D eigenvalue weighted by atomic mass is 16.6. The molecular weight excluding hydrogens is 434 g/mol. The van der Waals surface area contributed by atoms with Gasteiger partial charge in [-0.05, 0) is 16.7 Å². The van der Waals surface area contributed by atoms with E-state index in [1.165, 1.54) is 6.92 Å². The van der Waals surface area contributed by atoms with Crippen LogP contribution in [0.15, 0.2) is 91.0 Å². The number of ether oxygens (including phenoxy) is 2. The number of carbonyl (C=O) groups is 1. The maximum absolute atomic E-state index is 11.4. The number of rotatable bonds is 7. The monoisotopic (exact) mass is 463 g/mol.